The normalized spacial score (nSPS) is 11.1. The zero-order chi connectivity index (χ0) is 15.6. The Morgan fingerprint density at radius 2 is 1.76 bits per heavy atom. The third-order valence-electron chi connectivity index (χ3n) is 2.81. The molecule has 0 radical (unpaired) electrons. The lowest BCUT2D eigenvalue weighted by Crippen LogP contribution is -2.13. The van der Waals surface area contributed by atoms with Gasteiger partial charge in [-0.15, -0.1) is 0 Å². The fourth-order valence-corrected chi connectivity index (χ4v) is 2.76. The van der Waals surface area contributed by atoms with Gasteiger partial charge in [0.2, 0.25) is 0 Å². The molecule has 7 nitrogen and oxygen atoms in total. The van der Waals surface area contributed by atoms with Gasteiger partial charge in [0.1, 0.15) is 5.69 Å². The summed E-state index contributed by atoms with van der Waals surface area (Å²) in [6.45, 7) is 1.88. The molecule has 0 aliphatic heterocycles. The van der Waals surface area contributed by atoms with Crippen LogP contribution in [0.25, 0.3) is 0 Å². The van der Waals surface area contributed by atoms with Crippen LogP contribution in [0.1, 0.15) is 5.56 Å². The molecule has 0 atom stereocenters. The molecule has 0 spiro atoms. The zero-order valence-corrected chi connectivity index (χ0v) is 11.9. The Hall–Kier alpha value is -2.61. The first-order chi connectivity index (χ1) is 9.79. The Morgan fingerprint density at radius 1 is 1.14 bits per heavy atom. The Morgan fingerprint density at radius 3 is 2.33 bits per heavy atom. The van der Waals surface area contributed by atoms with E-state index in [9.17, 15) is 18.5 Å². The number of aryl methyl sites for hydroxylation is 1. The number of anilines is 2. The molecule has 0 saturated heterocycles. The van der Waals surface area contributed by atoms with Crippen molar-refractivity contribution in [3.8, 4) is 0 Å². The maximum absolute atomic E-state index is 12.2. The lowest BCUT2D eigenvalue weighted by Gasteiger charge is -2.08. The van der Waals surface area contributed by atoms with E-state index in [4.69, 9.17) is 5.73 Å². The second-order valence-electron chi connectivity index (χ2n) is 4.45. The van der Waals surface area contributed by atoms with Crippen molar-refractivity contribution in [3.05, 3.63) is 58.1 Å². The lowest BCUT2D eigenvalue weighted by molar-refractivity contribution is -0.384. The number of rotatable bonds is 4. The van der Waals surface area contributed by atoms with Gasteiger partial charge in [-0.3, -0.25) is 14.8 Å². The van der Waals surface area contributed by atoms with Crippen molar-refractivity contribution in [3.63, 3.8) is 0 Å². The molecule has 3 N–H and O–H groups in total. The van der Waals surface area contributed by atoms with E-state index in [0.29, 0.717) is 5.69 Å². The summed E-state index contributed by atoms with van der Waals surface area (Å²) in [6.07, 6.45) is 0. The van der Waals surface area contributed by atoms with Crippen molar-refractivity contribution in [2.45, 2.75) is 11.8 Å². The number of sulfonamides is 1. The highest BCUT2D eigenvalue weighted by Crippen LogP contribution is 2.26. The van der Waals surface area contributed by atoms with Gasteiger partial charge in [0.25, 0.3) is 15.7 Å². The van der Waals surface area contributed by atoms with Crippen LogP contribution in [0, 0.1) is 17.0 Å². The molecular formula is C13H13N3O4S. The number of hydrogen-bond donors (Lipinski definition) is 2. The van der Waals surface area contributed by atoms with Gasteiger partial charge >= 0.3 is 0 Å². The fourth-order valence-electron chi connectivity index (χ4n) is 1.68. The van der Waals surface area contributed by atoms with Crippen molar-refractivity contribution in [1.82, 2.24) is 0 Å². The SMILES string of the molecule is Cc1ccc(NS(=O)(=O)c2ccc(N)c([N+](=O)[O-])c2)cc1. The van der Waals surface area contributed by atoms with Crippen LogP contribution in [0.2, 0.25) is 0 Å². The minimum absolute atomic E-state index is 0.0886. The number of benzene rings is 2. The molecule has 0 heterocycles. The quantitative estimate of drug-likeness (QED) is 0.511. The number of nitrogen functional groups attached to an aromatic ring is 1. The Balaban J connectivity index is 2.38. The fraction of sp³-hybridized carbons (Fsp3) is 0.0769. The van der Waals surface area contributed by atoms with Crippen molar-refractivity contribution in [1.29, 1.82) is 0 Å². The monoisotopic (exact) mass is 307 g/mol. The molecule has 8 heteroatoms. The molecule has 0 saturated carbocycles. The average molecular weight is 307 g/mol. The first kappa shape index (κ1) is 14.8. The standard InChI is InChI=1S/C13H13N3O4S/c1-9-2-4-10(5-3-9)15-21(19,20)11-6-7-12(14)13(8-11)16(17)18/h2-8,15H,14H2,1H3. The molecule has 0 fully saturated rings. The molecule has 2 aromatic carbocycles. The molecule has 0 aliphatic rings. The molecule has 2 aromatic rings. The van der Waals surface area contributed by atoms with E-state index in [2.05, 4.69) is 4.72 Å². The number of nitro groups is 1. The lowest BCUT2D eigenvalue weighted by atomic mass is 10.2. The smallest absolute Gasteiger partial charge is 0.293 e. The molecule has 0 aromatic heterocycles. The molecule has 21 heavy (non-hydrogen) atoms. The Bertz CT molecular complexity index is 786. The molecule has 110 valence electrons. The van der Waals surface area contributed by atoms with Crippen molar-refractivity contribution in [2.75, 3.05) is 10.5 Å². The van der Waals surface area contributed by atoms with Crippen LogP contribution < -0.4 is 10.5 Å². The van der Waals surface area contributed by atoms with Crippen LogP contribution in [0.3, 0.4) is 0 Å². The van der Waals surface area contributed by atoms with Gasteiger partial charge in [-0.2, -0.15) is 0 Å². The van der Waals surface area contributed by atoms with Gasteiger partial charge in [-0.25, -0.2) is 8.42 Å². The highest BCUT2D eigenvalue weighted by molar-refractivity contribution is 7.92. The summed E-state index contributed by atoms with van der Waals surface area (Å²) < 4.78 is 26.8. The highest BCUT2D eigenvalue weighted by atomic mass is 32.2. The van der Waals surface area contributed by atoms with E-state index in [-0.39, 0.29) is 10.6 Å². The summed E-state index contributed by atoms with van der Waals surface area (Å²) >= 11 is 0. The van der Waals surface area contributed by atoms with E-state index in [1.165, 1.54) is 12.1 Å². The largest absolute Gasteiger partial charge is 0.393 e. The van der Waals surface area contributed by atoms with E-state index >= 15 is 0 Å². The topological polar surface area (TPSA) is 115 Å². The maximum Gasteiger partial charge on any atom is 0.293 e. The van der Waals surface area contributed by atoms with Gasteiger partial charge in [-0.05, 0) is 31.2 Å². The predicted molar refractivity (Wildman–Crippen MR) is 79.5 cm³/mol. The van der Waals surface area contributed by atoms with Gasteiger partial charge < -0.3 is 5.73 Å². The number of nitro benzene ring substituents is 1. The molecule has 0 bridgehead atoms. The summed E-state index contributed by atoms with van der Waals surface area (Å²) in [5, 5.41) is 10.8. The zero-order valence-electron chi connectivity index (χ0n) is 11.1. The number of nitrogens with two attached hydrogens (primary N) is 1. The minimum Gasteiger partial charge on any atom is -0.393 e. The van der Waals surface area contributed by atoms with Gasteiger partial charge in [0.15, 0.2) is 0 Å². The Labute approximate surface area is 121 Å². The van der Waals surface area contributed by atoms with Crippen molar-refractivity contribution >= 4 is 27.1 Å². The summed E-state index contributed by atoms with van der Waals surface area (Å²) in [6, 6.07) is 10.1. The molecule has 0 unspecified atom stereocenters. The molecular weight excluding hydrogens is 294 g/mol. The van der Waals surface area contributed by atoms with E-state index in [1.54, 1.807) is 24.3 Å². The van der Waals surface area contributed by atoms with E-state index < -0.39 is 20.6 Å². The van der Waals surface area contributed by atoms with Crippen LogP contribution in [-0.2, 0) is 10.0 Å². The maximum atomic E-state index is 12.2. The third kappa shape index (κ3) is 3.29. The van der Waals surface area contributed by atoms with Crippen molar-refractivity contribution < 1.29 is 13.3 Å². The minimum atomic E-state index is -3.91. The first-order valence-corrected chi connectivity index (χ1v) is 7.41. The van der Waals surface area contributed by atoms with E-state index in [1.807, 2.05) is 6.92 Å². The second kappa shape index (κ2) is 5.41. The predicted octanol–water partition coefficient (Wildman–Crippen LogP) is 2.29. The van der Waals surface area contributed by atoms with Crippen molar-refractivity contribution in [2.24, 2.45) is 0 Å². The number of hydrogen-bond acceptors (Lipinski definition) is 5. The number of nitrogens with zero attached hydrogens (tertiary/aromatic N) is 1. The average Bonchev–Trinajstić information content (AvgIpc) is 2.41. The van der Waals surface area contributed by atoms with Crippen LogP contribution >= 0.6 is 0 Å². The Kier molecular flexibility index (Phi) is 3.81. The molecule has 0 aliphatic carbocycles. The van der Waals surface area contributed by atoms with Gasteiger partial charge in [0.05, 0.1) is 9.82 Å². The molecule has 0 amide bonds. The summed E-state index contributed by atoms with van der Waals surface area (Å²) in [5.41, 5.74) is 6.28. The van der Waals surface area contributed by atoms with Crippen LogP contribution in [0.4, 0.5) is 17.1 Å². The van der Waals surface area contributed by atoms with Crippen LogP contribution in [-0.4, -0.2) is 13.3 Å². The highest BCUT2D eigenvalue weighted by Gasteiger charge is 2.20. The van der Waals surface area contributed by atoms with Crippen LogP contribution in [0.15, 0.2) is 47.4 Å². The summed E-state index contributed by atoms with van der Waals surface area (Å²) in [5.74, 6) is 0. The van der Waals surface area contributed by atoms with Gasteiger partial charge in [-0.1, -0.05) is 17.7 Å². The molecule has 2 rings (SSSR count). The summed E-state index contributed by atoms with van der Waals surface area (Å²) in [7, 11) is -3.91. The van der Waals surface area contributed by atoms with Gasteiger partial charge in [0, 0.05) is 11.8 Å². The first-order valence-electron chi connectivity index (χ1n) is 5.93. The van der Waals surface area contributed by atoms with E-state index in [0.717, 1.165) is 11.6 Å². The third-order valence-corrected chi connectivity index (χ3v) is 4.19. The van der Waals surface area contributed by atoms with Crippen LogP contribution in [0.5, 0.6) is 0 Å². The second-order valence-corrected chi connectivity index (χ2v) is 6.13. The number of nitrogens with one attached hydrogen (secondary N) is 1. The summed E-state index contributed by atoms with van der Waals surface area (Å²) in [4.78, 5) is 9.87.